The number of rotatable bonds is 6. The third-order valence-corrected chi connectivity index (χ3v) is 4.30. The zero-order chi connectivity index (χ0) is 15.3. The van der Waals surface area contributed by atoms with Gasteiger partial charge in [0.15, 0.2) is 5.82 Å². The molecule has 120 valence electrons. The molecule has 0 bridgehead atoms. The number of halogens is 1. The van der Waals surface area contributed by atoms with Crippen LogP contribution in [0.5, 0.6) is 0 Å². The van der Waals surface area contributed by atoms with Gasteiger partial charge < -0.3 is 38.9 Å². The predicted octanol–water partition coefficient (Wildman–Crippen LogP) is -2.71. The van der Waals surface area contributed by atoms with Gasteiger partial charge in [0.25, 0.3) is 5.44 Å². The Morgan fingerprint density at radius 1 is 1.67 bits per heavy atom. The van der Waals surface area contributed by atoms with E-state index in [-0.39, 0.29) is 46.1 Å². The van der Waals surface area contributed by atoms with Crippen LogP contribution in [-0.4, -0.2) is 53.4 Å². The van der Waals surface area contributed by atoms with Crippen molar-refractivity contribution in [3.05, 3.63) is 34.3 Å². The molecule has 0 amide bonds. The largest absolute Gasteiger partial charge is 1.00 e. The molecule has 21 heavy (non-hydrogen) atoms. The minimum Gasteiger partial charge on any atom is -1.00 e. The molecule has 1 aliphatic heterocycles. The Balaban J connectivity index is 0.00000400. The van der Waals surface area contributed by atoms with E-state index in [0.29, 0.717) is 19.6 Å². The molecule has 0 saturated carbocycles. The fourth-order valence-electron chi connectivity index (χ4n) is 1.67. The lowest BCUT2D eigenvalue weighted by molar-refractivity contribution is -0.423. The van der Waals surface area contributed by atoms with Crippen molar-refractivity contribution >= 4 is 16.9 Å². The molecule has 0 aromatic rings. The summed E-state index contributed by atoms with van der Waals surface area (Å²) < 4.78 is 5.16. The summed E-state index contributed by atoms with van der Waals surface area (Å²) in [6.07, 6.45) is 5.46. The van der Waals surface area contributed by atoms with Gasteiger partial charge in [0.05, 0.1) is 4.92 Å². The molecule has 1 rings (SSSR count). The van der Waals surface area contributed by atoms with Crippen LogP contribution in [0, 0.1) is 10.1 Å². The van der Waals surface area contributed by atoms with E-state index in [0.717, 1.165) is 0 Å². The molecule has 0 aromatic carbocycles. The summed E-state index contributed by atoms with van der Waals surface area (Å²) in [5.74, 6) is -0.693. The van der Waals surface area contributed by atoms with Crippen LogP contribution in [0.3, 0.4) is 0 Å². The highest BCUT2D eigenvalue weighted by Gasteiger charge is 2.37. The van der Waals surface area contributed by atoms with Gasteiger partial charge in [-0.1, -0.05) is 6.08 Å². The SMILES string of the molecule is C=CCN1CCNC1=C(C(=O)OC(C)[S+](C)C)[N+](=O)[O-].[I-]. The first kappa shape index (κ1) is 20.0. The zero-order valence-electron chi connectivity index (χ0n) is 12.3. The molecule has 1 aliphatic rings. The van der Waals surface area contributed by atoms with Crippen molar-refractivity contribution in [2.45, 2.75) is 12.4 Å². The van der Waals surface area contributed by atoms with E-state index in [4.69, 9.17) is 4.74 Å². The third kappa shape index (κ3) is 5.38. The highest BCUT2D eigenvalue weighted by Crippen LogP contribution is 2.16. The maximum atomic E-state index is 12.0. The van der Waals surface area contributed by atoms with E-state index in [1.807, 2.05) is 12.5 Å². The summed E-state index contributed by atoms with van der Waals surface area (Å²) >= 11 is 0. The predicted molar refractivity (Wildman–Crippen MR) is 78.6 cm³/mol. The second-order valence-corrected chi connectivity index (χ2v) is 6.89. The van der Waals surface area contributed by atoms with Crippen molar-refractivity contribution < 1.29 is 38.4 Å². The van der Waals surface area contributed by atoms with Crippen molar-refractivity contribution in [2.24, 2.45) is 0 Å². The minimum absolute atomic E-state index is 0. The smallest absolute Gasteiger partial charge is 0.417 e. The molecule has 0 aliphatic carbocycles. The van der Waals surface area contributed by atoms with E-state index in [1.165, 1.54) is 0 Å². The van der Waals surface area contributed by atoms with Crippen LogP contribution in [0.4, 0.5) is 0 Å². The van der Waals surface area contributed by atoms with Gasteiger partial charge in [-0.15, -0.1) is 6.58 Å². The molecule has 1 fully saturated rings. The second-order valence-electron chi connectivity index (χ2n) is 4.47. The fraction of sp³-hybridized carbons (Fsp3) is 0.583. The second kappa shape index (κ2) is 9.13. The summed E-state index contributed by atoms with van der Waals surface area (Å²) in [5.41, 5.74) is -0.894. The highest BCUT2D eigenvalue weighted by atomic mass is 127. The van der Waals surface area contributed by atoms with Gasteiger partial charge in [0, 0.05) is 37.5 Å². The van der Waals surface area contributed by atoms with E-state index in [9.17, 15) is 14.9 Å². The number of esters is 1. The first-order chi connectivity index (χ1) is 9.38. The van der Waals surface area contributed by atoms with Crippen molar-refractivity contribution in [3.63, 3.8) is 0 Å². The summed E-state index contributed by atoms with van der Waals surface area (Å²) in [6, 6.07) is 0. The van der Waals surface area contributed by atoms with Crippen molar-refractivity contribution in [2.75, 3.05) is 32.1 Å². The monoisotopic (exact) mass is 429 g/mol. The van der Waals surface area contributed by atoms with Gasteiger partial charge in [-0.2, -0.15) is 0 Å². The van der Waals surface area contributed by atoms with Crippen molar-refractivity contribution in [1.82, 2.24) is 10.2 Å². The number of nitrogens with zero attached hydrogens (tertiary/aromatic N) is 2. The zero-order valence-corrected chi connectivity index (χ0v) is 15.3. The Kier molecular flexibility index (Phi) is 8.71. The van der Waals surface area contributed by atoms with Gasteiger partial charge in [0.1, 0.15) is 12.5 Å². The quantitative estimate of drug-likeness (QED) is 0.0941. The average molecular weight is 429 g/mol. The molecule has 1 saturated heterocycles. The highest BCUT2D eigenvalue weighted by molar-refractivity contribution is 7.95. The van der Waals surface area contributed by atoms with Gasteiger partial charge in [-0.05, 0) is 0 Å². The fourth-order valence-corrected chi connectivity index (χ4v) is 1.95. The normalized spacial score (nSPS) is 17.6. The summed E-state index contributed by atoms with van der Waals surface area (Å²) in [4.78, 5) is 24.2. The van der Waals surface area contributed by atoms with Gasteiger partial charge >= 0.3 is 11.7 Å². The number of nitro groups is 1. The van der Waals surface area contributed by atoms with Crippen LogP contribution in [0.1, 0.15) is 6.92 Å². The van der Waals surface area contributed by atoms with Gasteiger partial charge in [0.2, 0.25) is 0 Å². The standard InChI is InChI=1S/C12H19N3O4S.HI/c1-5-7-14-8-6-13-11(14)10(15(17)18)12(16)19-9(2)20(3)4;/h5,9H,1,6-8H2,2-4H3;1H. The first-order valence-electron chi connectivity index (χ1n) is 6.14. The third-order valence-electron chi connectivity index (χ3n) is 2.88. The number of nitrogens with one attached hydrogen (secondary N) is 1. The molecule has 1 atom stereocenters. The first-order valence-corrected chi connectivity index (χ1v) is 8.24. The molecule has 7 nitrogen and oxygen atoms in total. The lowest BCUT2D eigenvalue weighted by atomic mass is 10.4. The van der Waals surface area contributed by atoms with Crippen LogP contribution in [-0.2, 0) is 20.4 Å². The molecule has 0 spiro atoms. The van der Waals surface area contributed by atoms with Gasteiger partial charge in [-0.25, -0.2) is 4.79 Å². The van der Waals surface area contributed by atoms with Crippen LogP contribution < -0.4 is 29.3 Å². The minimum atomic E-state index is -0.901. The lowest BCUT2D eigenvalue weighted by Crippen LogP contribution is -3.00. The molecular formula is C12H20IN3O4S. The number of hydrogen-bond donors (Lipinski definition) is 1. The molecule has 1 heterocycles. The van der Waals surface area contributed by atoms with E-state index in [1.54, 1.807) is 17.9 Å². The van der Waals surface area contributed by atoms with Crippen molar-refractivity contribution in [3.8, 4) is 0 Å². The summed E-state index contributed by atoms with van der Waals surface area (Å²) in [7, 11) is -0.163. The lowest BCUT2D eigenvalue weighted by Gasteiger charge is -2.16. The van der Waals surface area contributed by atoms with Crippen LogP contribution in [0.15, 0.2) is 24.2 Å². The molecule has 1 N–H and O–H groups in total. The maximum absolute atomic E-state index is 12.0. The molecule has 1 unspecified atom stereocenters. The number of ether oxygens (including phenoxy) is 1. The Hall–Kier alpha value is -0.970. The Bertz CT molecular complexity index is 442. The number of hydrogen-bond acceptors (Lipinski definition) is 6. The van der Waals surface area contributed by atoms with Crippen LogP contribution in [0.2, 0.25) is 0 Å². The van der Waals surface area contributed by atoms with E-state index in [2.05, 4.69) is 11.9 Å². The van der Waals surface area contributed by atoms with Crippen LogP contribution in [0.25, 0.3) is 0 Å². The molecule has 0 radical (unpaired) electrons. The summed E-state index contributed by atoms with van der Waals surface area (Å²) in [6.45, 7) is 6.91. The van der Waals surface area contributed by atoms with Gasteiger partial charge in [-0.3, -0.25) is 10.1 Å². The maximum Gasteiger partial charge on any atom is 0.417 e. The molecular weight excluding hydrogens is 409 g/mol. The Labute approximate surface area is 144 Å². The molecule has 0 aromatic heterocycles. The van der Waals surface area contributed by atoms with E-state index >= 15 is 0 Å². The molecule has 9 heteroatoms. The number of carbonyl (C=O) groups is 1. The average Bonchev–Trinajstić information content (AvgIpc) is 2.77. The van der Waals surface area contributed by atoms with Crippen molar-refractivity contribution in [1.29, 1.82) is 0 Å². The Morgan fingerprint density at radius 3 is 2.76 bits per heavy atom. The number of carbonyl (C=O) groups excluding carboxylic acids is 1. The van der Waals surface area contributed by atoms with E-state index < -0.39 is 16.6 Å². The topological polar surface area (TPSA) is 84.7 Å². The Morgan fingerprint density at radius 2 is 2.29 bits per heavy atom. The van der Waals surface area contributed by atoms with Crippen LogP contribution >= 0.6 is 0 Å². The summed E-state index contributed by atoms with van der Waals surface area (Å²) in [5, 5.41) is 14.1.